The summed E-state index contributed by atoms with van der Waals surface area (Å²) in [6, 6.07) is 10.5. The fourth-order valence-electron chi connectivity index (χ4n) is 4.33. The van der Waals surface area contributed by atoms with Crippen molar-refractivity contribution >= 4 is 22.6 Å². The Hall–Kier alpha value is -4.27. The number of non-ortho nitro benzene ring substituents is 1. The molecule has 0 unspecified atom stereocenters. The van der Waals surface area contributed by atoms with E-state index in [1.807, 2.05) is 23.8 Å². The van der Waals surface area contributed by atoms with Crippen LogP contribution in [-0.2, 0) is 6.54 Å². The van der Waals surface area contributed by atoms with Gasteiger partial charge in [0.05, 0.1) is 28.2 Å². The Morgan fingerprint density at radius 2 is 1.91 bits per heavy atom. The monoisotopic (exact) mass is 444 g/mol. The highest BCUT2D eigenvalue weighted by Gasteiger charge is 2.42. The summed E-state index contributed by atoms with van der Waals surface area (Å²) in [5, 5.41) is 11.5. The maximum Gasteiger partial charge on any atom is 0.290 e. The molecule has 2 aromatic carbocycles. The second-order valence-electron chi connectivity index (χ2n) is 8.08. The third kappa shape index (κ3) is 3.57. The minimum Gasteiger partial charge on any atom is -0.450 e. The van der Waals surface area contributed by atoms with E-state index < -0.39 is 11.0 Å². The van der Waals surface area contributed by atoms with E-state index in [1.54, 1.807) is 41.7 Å². The fourth-order valence-corrected chi connectivity index (χ4v) is 4.33. The molecule has 1 atom stereocenters. The Kier molecular flexibility index (Phi) is 5.01. The summed E-state index contributed by atoms with van der Waals surface area (Å²) in [7, 11) is 0. The first-order valence-electron chi connectivity index (χ1n) is 10.5. The minimum atomic E-state index is -0.683. The molecule has 0 N–H and O–H groups in total. The van der Waals surface area contributed by atoms with Gasteiger partial charge in [-0.25, -0.2) is 4.98 Å². The number of amides is 1. The van der Waals surface area contributed by atoms with Gasteiger partial charge in [0.1, 0.15) is 5.58 Å². The van der Waals surface area contributed by atoms with Crippen LogP contribution in [0, 0.1) is 17.0 Å². The lowest BCUT2D eigenvalue weighted by Crippen LogP contribution is -2.31. The molecule has 1 aliphatic rings. The second kappa shape index (κ2) is 8.01. The maximum atomic E-state index is 13.5. The number of carbonyl (C=O) groups excluding carboxylic acids is 1. The van der Waals surface area contributed by atoms with Crippen LogP contribution in [0.2, 0.25) is 0 Å². The zero-order valence-electron chi connectivity index (χ0n) is 17.8. The van der Waals surface area contributed by atoms with Crippen LogP contribution in [0.4, 0.5) is 5.69 Å². The van der Waals surface area contributed by atoms with Crippen molar-refractivity contribution in [2.24, 2.45) is 0 Å². The number of hydrogen-bond acceptors (Lipinski definition) is 6. The summed E-state index contributed by atoms with van der Waals surface area (Å²) in [4.78, 5) is 43.2. The molecule has 3 heterocycles. The lowest BCUT2D eigenvalue weighted by atomic mass is 9.98. The summed E-state index contributed by atoms with van der Waals surface area (Å²) >= 11 is 0. The van der Waals surface area contributed by atoms with Crippen LogP contribution in [0.25, 0.3) is 11.0 Å². The molecule has 2 aromatic heterocycles. The molecule has 0 bridgehead atoms. The summed E-state index contributed by atoms with van der Waals surface area (Å²) in [6.45, 7) is 2.90. The zero-order valence-corrected chi connectivity index (χ0v) is 17.8. The van der Waals surface area contributed by atoms with Gasteiger partial charge in [-0.3, -0.25) is 19.7 Å². The number of hydrogen-bond donors (Lipinski definition) is 0. The van der Waals surface area contributed by atoms with E-state index in [9.17, 15) is 19.7 Å². The number of nitrogens with zero attached hydrogens (tertiary/aromatic N) is 4. The van der Waals surface area contributed by atoms with Crippen molar-refractivity contribution in [1.82, 2.24) is 14.5 Å². The smallest absolute Gasteiger partial charge is 0.290 e. The molecule has 9 nitrogen and oxygen atoms in total. The van der Waals surface area contributed by atoms with Crippen molar-refractivity contribution in [1.29, 1.82) is 0 Å². The maximum absolute atomic E-state index is 13.5. The fraction of sp³-hybridized carbons (Fsp3) is 0.208. The average Bonchev–Trinajstić information content (AvgIpc) is 3.42. The zero-order chi connectivity index (χ0) is 23.1. The first-order chi connectivity index (χ1) is 15.9. The quantitative estimate of drug-likeness (QED) is 0.330. The molecule has 0 radical (unpaired) electrons. The number of benzene rings is 2. The van der Waals surface area contributed by atoms with Gasteiger partial charge in [-0.2, -0.15) is 0 Å². The molecule has 0 saturated heterocycles. The van der Waals surface area contributed by atoms with E-state index in [-0.39, 0.29) is 28.3 Å². The van der Waals surface area contributed by atoms with Crippen molar-refractivity contribution in [3.05, 3.63) is 104 Å². The minimum absolute atomic E-state index is 0.0299. The van der Waals surface area contributed by atoms with Crippen molar-refractivity contribution in [3.63, 3.8) is 0 Å². The molecule has 0 spiro atoms. The van der Waals surface area contributed by atoms with Gasteiger partial charge in [0.25, 0.3) is 11.6 Å². The molecule has 33 heavy (non-hydrogen) atoms. The highest BCUT2D eigenvalue weighted by Crippen LogP contribution is 2.38. The molecule has 166 valence electrons. The molecular weight excluding hydrogens is 424 g/mol. The average molecular weight is 444 g/mol. The molecule has 9 heteroatoms. The standard InChI is InChI=1S/C24H20N4O5/c1-15-3-8-19-18(13-15)22(29)20-21(16-4-6-17(7-5-16)28(31)32)27(24(30)23(20)33-19)11-2-10-26-12-9-25-14-26/h3-9,12-14,21H,2,10-11H2,1H3/t21-/m1/s1. The lowest BCUT2D eigenvalue weighted by Gasteiger charge is -2.25. The molecule has 0 fully saturated rings. The summed E-state index contributed by atoms with van der Waals surface area (Å²) in [5.74, 6) is -0.333. The van der Waals surface area contributed by atoms with E-state index in [4.69, 9.17) is 4.42 Å². The Labute approximate surface area is 188 Å². The van der Waals surface area contributed by atoms with Crippen LogP contribution in [0.5, 0.6) is 0 Å². The molecular formula is C24H20N4O5. The third-order valence-corrected chi connectivity index (χ3v) is 5.92. The van der Waals surface area contributed by atoms with Crippen LogP contribution in [0.15, 0.2) is 70.4 Å². The Morgan fingerprint density at radius 1 is 1.12 bits per heavy atom. The number of rotatable bonds is 6. The SMILES string of the molecule is Cc1ccc2oc3c(c(=O)c2c1)[C@@H](c1ccc([N+](=O)[O-])cc1)N(CCCn1ccnc1)C3=O. The molecule has 5 rings (SSSR count). The van der Waals surface area contributed by atoms with E-state index in [1.165, 1.54) is 12.1 Å². The molecule has 0 saturated carbocycles. The first-order valence-corrected chi connectivity index (χ1v) is 10.5. The second-order valence-corrected chi connectivity index (χ2v) is 8.08. The van der Waals surface area contributed by atoms with Gasteiger partial charge in [-0.1, -0.05) is 11.6 Å². The van der Waals surface area contributed by atoms with Crippen molar-refractivity contribution in [3.8, 4) is 0 Å². The Bertz CT molecular complexity index is 1420. The highest BCUT2D eigenvalue weighted by molar-refractivity contribution is 5.99. The van der Waals surface area contributed by atoms with Crippen LogP contribution < -0.4 is 5.43 Å². The number of carbonyl (C=O) groups is 1. The van der Waals surface area contributed by atoms with Gasteiger partial charge in [0.2, 0.25) is 5.76 Å². The predicted molar refractivity (Wildman–Crippen MR) is 120 cm³/mol. The van der Waals surface area contributed by atoms with Crippen LogP contribution in [0.1, 0.15) is 39.7 Å². The number of aromatic nitrogens is 2. The van der Waals surface area contributed by atoms with Crippen molar-refractivity contribution in [2.75, 3.05) is 6.54 Å². The molecule has 0 aliphatic carbocycles. The van der Waals surface area contributed by atoms with Crippen LogP contribution in [-0.4, -0.2) is 31.8 Å². The van der Waals surface area contributed by atoms with E-state index in [2.05, 4.69) is 4.98 Å². The van der Waals surface area contributed by atoms with Crippen molar-refractivity contribution in [2.45, 2.75) is 25.9 Å². The molecule has 4 aromatic rings. The number of nitro groups is 1. The van der Waals surface area contributed by atoms with Gasteiger partial charge in [-0.05, 0) is 43.2 Å². The normalized spacial score (nSPS) is 15.2. The largest absolute Gasteiger partial charge is 0.450 e. The topological polar surface area (TPSA) is 111 Å². The van der Waals surface area contributed by atoms with Crippen LogP contribution in [0.3, 0.4) is 0 Å². The predicted octanol–water partition coefficient (Wildman–Crippen LogP) is 3.84. The Morgan fingerprint density at radius 3 is 2.61 bits per heavy atom. The summed E-state index contributed by atoms with van der Waals surface area (Å²) in [5.41, 5.74) is 1.84. The van der Waals surface area contributed by atoms with Gasteiger partial charge < -0.3 is 13.9 Å². The van der Waals surface area contributed by atoms with Gasteiger partial charge in [-0.15, -0.1) is 0 Å². The summed E-state index contributed by atoms with van der Waals surface area (Å²) < 4.78 is 7.85. The third-order valence-electron chi connectivity index (χ3n) is 5.92. The number of fused-ring (bicyclic) bond motifs is 2. The molecule has 1 aliphatic heterocycles. The number of imidazole rings is 1. The summed E-state index contributed by atoms with van der Waals surface area (Å²) in [6.07, 6.45) is 5.86. The van der Waals surface area contributed by atoms with Gasteiger partial charge in [0, 0.05) is 37.6 Å². The highest BCUT2D eigenvalue weighted by atomic mass is 16.6. The van der Waals surface area contributed by atoms with E-state index >= 15 is 0 Å². The van der Waals surface area contributed by atoms with Gasteiger partial charge in [0.15, 0.2) is 5.43 Å². The Balaban J connectivity index is 1.60. The van der Waals surface area contributed by atoms with E-state index in [0.29, 0.717) is 36.0 Å². The number of nitro benzene ring substituents is 1. The van der Waals surface area contributed by atoms with Crippen LogP contribution >= 0.6 is 0 Å². The first kappa shape index (κ1) is 20.6. The molecule has 1 amide bonds. The van der Waals surface area contributed by atoms with Gasteiger partial charge >= 0.3 is 0 Å². The van der Waals surface area contributed by atoms with E-state index in [0.717, 1.165) is 5.56 Å². The van der Waals surface area contributed by atoms with Crippen molar-refractivity contribution < 1.29 is 14.1 Å². The lowest BCUT2D eigenvalue weighted by molar-refractivity contribution is -0.384. The number of aryl methyl sites for hydroxylation is 2.